The van der Waals surface area contributed by atoms with Gasteiger partial charge in [-0.1, -0.05) is 75.9 Å². The average Bonchev–Trinajstić information content (AvgIpc) is 3.28. The molecular formula is C28H31N5OS. The van der Waals surface area contributed by atoms with Gasteiger partial charge in [0.2, 0.25) is 5.91 Å². The van der Waals surface area contributed by atoms with E-state index in [-0.39, 0.29) is 11.7 Å². The molecule has 2 aromatic carbocycles. The van der Waals surface area contributed by atoms with Crippen molar-refractivity contribution < 1.29 is 4.79 Å². The normalized spacial score (nSPS) is 11.3. The quantitative estimate of drug-likeness (QED) is 0.284. The van der Waals surface area contributed by atoms with E-state index in [1.54, 1.807) is 12.4 Å². The fourth-order valence-electron chi connectivity index (χ4n) is 4.09. The number of carbonyl (C=O) groups is 1. The van der Waals surface area contributed by atoms with Crippen LogP contribution in [0.5, 0.6) is 0 Å². The first kappa shape index (κ1) is 24.7. The van der Waals surface area contributed by atoms with Crippen molar-refractivity contribution in [2.24, 2.45) is 0 Å². The topological polar surface area (TPSA) is 72.7 Å². The van der Waals surface area contributed by atoms with Crippen molar-refractivity contribution in [2.75, 3.05) is 11.1 Å². The van der Waals surface area contributed by atoms with Gasteiger partial charge in [-0.2, -0.15) is 0 Å². The fraction of sp³-hybridized carbons (Fsp3) is 0.286. The van der Waals surface area contributed by atoms with Crippen molar-refractivity contribution in [3.63, 3.8) is 0 Å². The number of nitrogens with zero attached hydrogens (tertiary/aromatic N) is 4. The summed E-state index contributed by atoms with van der Waals surface area (Å²) in [5.74, 6) is 1.49. The van der Waals surface area contributed by atoms with Gasteiger partial charge in [0.15, 0.2) is 11.0 Å². The second-order valence-corrected chi connectivity index (χ2v) is 10.1. The molecule has 0 aliphatic carbocycles. The van der Waals surface area contributed by atoms with Crippen LogP contribution in [0.2, 0.25) is 0 Å². The van der Waals surface area contributed by atoms with Crippen LogP contribution < -0.4 is 5.32 Å². The monoisotopic (exact) mass is 485 g/mol. The van der Waals surface area contributed by atoms with E-state index in [1.165, 1.54) is 17.3 Å². The minimum absolute atomic E-state index is 0.0687. The highest BCUT2D eigenvalue weighted by molar-refractivity contribution is 7.99. The van der Waals surface area contributed by atoms with Crippen LogP contribution in [0.4, 0.5) is 5.69 Å². The van der Waals surface area contributed by atoms with Crippen LogP contribution in [0.15, 0.2) is 72.1 Å². The van der Waals surface area contributed by atoms with Gasteiger partial charge >= 0.3 is 0 Å². The summed E-state index contributed by atoms with van der Waals surface area (Å²) in [6.07, 6.45) is 3.52. The largest absolute Gasteiger partial charge is 0.325 e. The summed E-state index contributed by atoms with van der Waals surface area (Å²) < 4.78 is 2.04. The van der Waals surface area contributed by atoms with Gasteiger partial charge in [0.05, 0.1) is 11.4 Å². The molecule has 4 rings (SSSR count). The van der Waals surface area contributed by atoms with Crippen LogP contribution in [-0.2, 0) is 4.79 Å². The van der Waals surface area contributed by atoms with E-state index < -0.39 is 0 Å². The Morgan fingerprint density at radius 1 is 0.943 bits per heavy atom. The number of amides is 1. The van der Waals surface area contributed by atoms with Gasteiger partial charge in [-0.25, -0.2) is 0 Å². The predicted molar refractivity (Wildman–Crippen MR) is 143 cm³/mol. The highest BCUT2D eigenvalue weighted by Gasteiger charge is 2.21. The smallest absolute Gasteiger partial charge is 0.234 e. The van der Waals surface area contributed by atoms with Crippen LogP contribution in [-0.4, -0.2) is 31.4 Å². The molecule has 35 heavy (non-hydrogen) atoms. The van der Waals surface area contributed by atoms with E-state index in [1.807, 2.05) is 47.9 Å². The Balaban J connectivity index is 1.66. The predicted octanol–water partition coefficient (Wildman–Crippen LogP) is 6.62. The molecule has 0 bridgehead atoms. The Labute approximate surface area is 211 Å². The maximum atomic E-state index is 13.0. The molecule has 6 nitrogen and oxygen atoms in total. The maximum absolute atomic E-state index is 13.0. The Morgan fingerprint density at radius 3 is 2.40 bits per heavy atom. The van der Waals surface area contributed by atoms with Crippen LogP contribution in [0.1, 0.15) is 56.2 Å². The Hall–Kier alpha value is -3.45. The summed E-state index contributed by atoms with van der Waals surface area (Å²) in [4.78, 5) is 17.3. The first-order valence-corrected chi connectivity index (χ1v) is 12.8. The number of para-hydroxylation sites is 2. The van der Waals surface area contributed by atoms with E-state index in [0.29, 0.717) is 22.8 Å². The van der Waals surface area contributed by atoms with Crippen LogP contribution in [0.25, 0.3) is 17.1 Å². The van der Waals surface area contributed by atoms with Gasteiger partial charge in [0.1, 0.15) is 0 Å². The number of hydrogen-bond donors (Lipinski definition) is 1. The van der Waals surface area contributed by atoms with E-state index in [0.717, 1.165) is 28.1 Å². The van der Waals surface area contributed by atoms with Crippen molar-refractivity contribution >= 4 is 23.4 Å². The number of nitrogens with one attached hydrogen (secondary N) is 1. The number of anilines is 1. The second kappa shape index (κ2) is 10.9. The standard InChI is InChI=1S/C28H31N5OS/c1-18(2)22-12-6-7-14-24(22)33-27(21-11-9-15-29-16-21)31-32-28(33)35-17-25(34)30-26-20(5)10-8-13-23(26)19(3)4/h6-16,18-19H,17H2,1-5H3,(H,30,34). The molecular weight excluding hydrogens is 454 g/mol. The highest BCUT2D eigenvalue weighted by atomic mass is 32.2. The molecule has 1 amide bonds. The van der Waals surface area contributed by atoms with E-state index >= 15 is 0 Å². The molecule has 2 heterocycles. The third-order valence-corrected chi connectivity index (χ3v) is 6.81. The minimum atomic E-state index is -0.0687. The minimum Gasteiger partial charge on any atom is -0.325 e. The van der Waals surface area contributed by atoms with E-state index in [9.17, 15) is 4.79 Å². The van der Waals surface area contributed by atoms with Gasteiger partial charge < -0.3 is 5.32 Å². The molecule has 0 spiro atoms. The summed E-state index contributed by atoms with van der Waals surface area (Å²) in [6, 6.07) is 18.2. The fourth-order valence-corrected chi connectivity index (χ4v) is 4.83. The number of thioether (sulfide) groups is 1. The van der Waals surface area contributed by atoms with Gasteiger partial charge in [0.25, 0.3) is 0 Å². The first-order chi connectivity index (χ1) is 16.9. The number of pyridine rings is 1. The second-order valence-electron chi connectivity index (χ2n) is 9.13. The van der Waals surface area contributed by atoms with Crippen molar-refractivity contribution in [1.82, 2.24) is 19.7 Å². The van der Waals surface area contributed by atoms with Crippen molar-refractivity contribution in [1.29, 1.82) is 0 Å². The lowest BCUT2D eigenvalue weighted by Gasteiger charge is -2.17. The van der Waals surface area contributed by atoms with Gasteiger partial charge in [-0.05, 0) is 53.6 Å². The summed E-state index contributed by atoms with van der Waals surface area (Å²) in [7, 11) is 0. The number of carbonyl (C=O) groups excluding carboxylic acids is 1. The first-order valence-electron chi connectivity index (χ1n) is 11.8. The van der Waals surface area contributed by atoms with E-state index in [2.05, 4.69) is 66.4 Å². The lowest BCUT2D eigenvalue weighted by Crippen LogP contribution is -2.17. The van der Waals surface area contributed by atoms with E-state index in [4.69, 9.17) is 0 Å². The number of hydrogen-bond acceptors (Lipinski definition) is 5. The van der Waals surface area contributed by atoms with Crippen LogP contribution in [0.3, 0.4) is 0 Å². The van der Waals surface area contributed by atoms with Crippen LogP contribution in [0, 0.1) is 6.92 Å². The Morgan fingerprint density at radius 2 is 1.69 bits per heavy atom. The SMILES string of the molecule is Cc1cccc(C(C)C)c1NC(=O)CSc1nnc(-c2cccnc2)n1-c1ccccc1C(C)C. The molecule has 0 fully saturated rings. The third-order valence-electron chi connectivity index (χ3n) is 5.88. The number of aryl methyl sites for hydroxylation is 1. The molecule has 180 valence electrons. The molecule has 0 aliphatic heterocycles. The highest BCUT2D eigenvalue weighted by Crippen LogP contribution is 2.32. The Kier molecular flexibility index (Phi) is 7.66. The Bertz CT molecular complexity index is 1310. The maximum Gasteiger partial charge on any atom is 0.234 e. The molecule has 0 atom stereocenters. The molecule has 0 saturated carbocycles. The molecule has 0 saturated heterocycles. The van der Waals surface area contributed by atoms with Crippen molar-refractivity contribution in [3.8, 4) is 17.1 Å². The summed E-state index contributed by atoms with van der Waals surface area (Å²) >= 11 is 1.38. The van der Waals surface area contributed by atoms with Crippen LogP contribution >= 0.6 is 11.8 Å². The van der Waals surface area contributed by atoms with Gasteiger partial charge in [0, 0.05) is 23.6 Å². The zero-order valence-electron chi connectivity index (χ0n) is 20.8. The number of aromatic nitrogens is 4. The van der Waals surface area contributed by atoms with Crippen molar-refractivity contribution in [3.05, 3.63) is 83.7 Å². The zero-order chi connectivity index (χ0) is 24.9. The zero-order valence-corrected chi connectivity index (χ0v) is 21.6. The molecule has 0 aliphatic rings. The number of rotatable bonds is 8. The lowest BCUT2D eigenvalue weighted by molar-refractivity contribution is -0.113. The van der Waals surface area contributed by atoms with Gasteiger partial charge in [-0.15, -0.1) is 10.2 Å². The van der Waals surface area contributed by atoms with Gasteiger partial charge in [-0.3, -0.25) is 14.3 Å². The third kappa shape index (κ3) is 5.46. The molecule has 1 N–H and O–H groups in total. The average molecular weight is 486 g/mol. The lowest BCUT2D eigenvalue weighted by atomic mass is 9.98. The van der Waals surface area contributed by atoms with Crippen molar-refractivity contribution in [2.45, 2.75) is 51.6 Å². The number of benzene rings is 2. The molecule has 0 unspecified atom stereocenters. The molecule has 0 radical (unpaired) electrons. The summed E-state index contributed by atoms with van der Waals surface area (Å²) in [5.41, 5.74) is 6.16. The molecule has 4 aromatic rings. The molecule has 7 heteroatoms. The molecule has 2 aromatic heterocycles. The summed E-state index contributed by atoms with van der Waals surface area (Å²) in [5, 5.41) is 12.8. The summed E-state index contributed by atoms with van der Waals surface area (Å²) in [6.45, 7) is 10.6.